The van der Waals surface area contributed by atoms with Crippen molar-refractivity contribution in [2.24, 2.45) is 5.73 Å². The summed E-state index contributed by atoms with van der Waals surface area (Å²) in [5.41, 5.74) is 7.86. The molecule has 3 heteroatoms. The highest BCUT2D eigenvalue weighted by molar-refractivity contribution is 5.74. The third kappa shape index (κ3) is 3.43. The van der Waals surface area contributed by atoms with Gasteiger partial charge in [0.15, 0.2) is 0 Å². The van der Waals surface area contributed by atoms with Crippen LogP contribution in [-0.2, 0) is 4.79 Å². The first kappa shape index (κ1) is 11.9. The number of carbonyl (C=O) groups is 1. The number of nitrogens with two attached hydrogens (primary N) is 1. The zero-order valence-electron chi connectivity index (χ0n) is 9.93. The van der Waals surface area contributed by atoms with E-state index in [1.807, 2.05) is 6.07 Å². The molecule has 0 fully saturated rings. The van der Waals surface area contributed by atoms with E-state index in [9.17, 15) is 4.79 Å². The minimum atomic E-state index is -0.220. The van der Waals surface area contributed by atoms with Crippen LogP contribution >= 0.6 is 0 Å². The predicted molar refractivity (Wildman–Crippen MR) is 69.3 cm³/mol. The second kappa shape index (κ2) is 5.64. The first-order chi connectivity index (χ1) is 8.25. The lowest BCUT2D eigenvalue weighted by Gasteiger charge is -2.25. The van der Waals surface area contributed by atoms with E-state index in [0.717, 1.165) is 26.1 Å². The molecule has 90 valence electrons. The number of amides is 1. The molecule has 1 aromatic carbocycles. The Bertz CT molecular complexity index is 411. The van der Waals surface area contributed by atoms with E-state index in [1.54, 1.807) is 0 Å². The van der Waals surface area contributed by atoms with E-state index >= 15 is 0 Å². The molecule has 0 spiro atoms. The van der Waals surface area contributed by atoms with Crippen molar-refractivity contribution in [1.82, 2.24) is 4.90 Å². The van der Waals surface area contributed by atoms with E-state index in [4.69, 9.17) is 5.73 Å². The van der Waals surface area contributed by atoms with Gasteiger partial charge in [0.25, 0.3) is 0 Å². The van der Waals surface area contributed by atoms with Gasteiger partial charge >= 0.3 is 0 Å². The van der Waals surface area contributed by atoms with Gasteiger partial charge in [0.1, 0.15) is 0 Å². The van der Waals surface area contributed by atoms with E-state index < -0.39 is 0 Å². The van der Waals surface area contributed by atoms with Gasteiger partial charge in [-0.25, -0.2) is 0 Å². The van der Waals surface area contributed by atoms with Crippen LogP contribution in [0.4, 0.5) is 0 Å². The standard InChI is InChI=1S/C14H18N2O/c15-14(17)8-11-16-9-6-13(7-10-16)12-4-2-1-3-5-12/h1-6H,7-11H2,(H2,15,17). The van der Waals surface area contributed by atoms with Crippen molar-refractivity contribution in [3.05, 3.63) is 42.0 Å². The highest BCUT2D eigenvalue weighted by Crippen LogP contribution is 2.21. The van der Waals surface area contributed by atoms with Gasteiger partial charge in [0.05, 0.1) is 0 Å². The fourth-order valence-electron chi connectivity index (χ4n) is 2.10. The molecule has 0 saturated carbocycles. The van der Waals surface area contributed by atoms with Crippen molar-refractivity contribution in [3.8, 4) is 0 Å². The third-order valence-corrected chi connectivity index (χ3v) is 3.11. The summed E-state index contributed by atoms with van der Waals surface area (Å²) >= 11 is 0. The average Bonchev–Trinajstić information content (AvgIpc) is 2.38. The summed E-state index contributed by atoms with van der Waals surface area (Å²) in [6, 6.07) is 10.5. The van der Waals surface area contributed by atoms with Crippen LogP contribution in [0, 0.1) is 0 Å². The second-order valence-corrected chi connectivity index (χ2v) is 4.36. The van der Waals surface area contributed by atoms with Gasteiger partial charge in [-0.15, -0.1) is 0 Å². The highest BCUT2D eigenvalue weighted by atomic mass is 16.1. The van der Waals surface area contributed by atoms with Gasteiger partial charge in [-0.1, -0.05) is 36.4 Å². The molecule has 0 unspecified atom stereocenters. The Morgan fingerprint density at radius 2 is 2.06 bits per heavy atom. The Labute approximate surface area is 102 Å². The Balaban J connectivity index is 1.91. The lowest BCUT2D eigenvalue weighted by Crippen LogP contribution is -2.31. The molecule has 0 bridgehead atoms. The fraction of sp³-hybridized carbons (Fsp3) is 0.357. The molecule has 1 aromatic rings. The van der Waals surface area contributed by atoms with Crippen LogP contribution in [0.5, 0.6) is 0 Å². The lowest BCUT2D eigenvalue weighted by molar-refractivity contribution is -0.118. The molecule has 1 amide bonds. The number of primary amides is 1. The summed E-state index contributed by atoms with van der Waals surface area (Å²) in [5, 5.41) is 0. The average molecular weight is 230 g/mol. The van der Waals surface area contributed by atoms with Crippen LogP contribution in [0.15, 0.2) is 36.4 Å². The van der Waals surface area contributed by atoms with Crippen molar-refractivity contribution in [2.45, 2.75) is 12.8 Å². The second-order valence-electron chi connectivity index (χ2n) is 4.36. The summed E-state index contributed by atoms with van der Waals surface area (Å²) in [5.74, 6) is -0.220. The number of carbonyl (C=O) groups excluding carboxylic acids is 1. The predicted octanol–water partition coefficient (Wildman–Crippen LogP) is 1.65. The van der Waals surface area contributed by atoms with Gasteiger partial charge in [0.2, 0.25) is 5.91 Å². The number of hydrogen-bond acceptors (Lipinski definition) is 2. The van der Waals surface area contributed by atoms with Gasteiger partial charge < -0.3 is 5.73 Å². The molecule has 0 aromatic heterocycles. The number of nitrogens with zero attached hydrogens (tertiary/aromatic N) is 1. The monoisotopic (exact) mass is 230 g/mol. The Morgan fingerprint density at radius 3 is 2.65 bits per heavy atom. The van der Waals surface area contributed by atoms with Gasteiger partial charge in [-0.2, -0.15) is 0 Å². The zero-order chi connectivity index (χ0) is 12.1. The fourth-order valence-corrected chi connectivity index (χ4v) is 2.10. The van der Waals surface area contributed by atoms with Crippen LogP contribution in [0.2, 0.25) is 0 Å². The molecule has 0 atom stereocenters. The minimum absolute atomic E-state index is 0.220. The van der Waals surface area contributed by atoms with E-state index in [1.165, 1.54) is 11.1 Å². The van der Waals surface area contributed by atoms with Crippen LogP contribution in [-0.4, -0.2) is 30.4 Å². The smallest absolute Gasteiger partial charge is 0.218 e. The quantitative estimate of drug-likeness (QED) is 0.855. The van der Waals surface area contributed by atoms with Crippen molar-refractivity contribution in [3.63, 3.8) is 0 Å². The maximum absolute atomic E-state index is 10.7. The molecule has 1 heterocycles. The van der Waals surface area contributed by atoms with Crippen LogP contribution in [0.1, 0.15) is 18.4 Å². The minimum Gasteiger partial charge on any atom is -0.370 e. The molecule has 17 heavy (non-hydrogen) atoms. The zero-order valence-corrected chi connectivity index (χ0v) is 9.93. The van der Waals surface area contributed by atoms with Crippen molar-refractivity contribution >= 4 is 11.5 Å². The molecule has 2 rings (SSSR count). The third-order valence-electron chi connectivity index (χ3n) is 3.11. The highest BCUT2D eigenvalue weighted by Gasteiger charge is 2.12. The molecule has 0 saturated heterocycles. The molecule has 0 aliphatic carbocycles. The van der Waals surface area contributed by atoms with Gasteiger partial charge in [0, 0.05) is 26.1 Å². The summed E-state index contributed by atoms with van der Waals surface area (Å²) in [4.78, 5) is 13.0. The molecule has 2 N–H and O–H groups in total. The topological polar surface area (TPSA) is 46.3 Å². The Kier molecular flexibility index (Phi) is 3.94. The SMILES string of the molecule is NC(=O)CCN1CC=C(c2ccccc2)CC1. The number of rotatable bonds is 4. The van der Waals surface area contributed by atoms with Crippen LogP contribution < -0.4 is 5.73 Å². The van der Waals surface area contributed by atoms with Crippen molar-refractivity contribution in [2.75, 3.05) is 19.6 Å². The van der Waals surface area contributed by atoms with Gasteiger partial charge in [-0.3, -0.25) is 9.69 Å². The van der Waals surface area contributed by atoms with Crippen LogP contribution in [0.3, 0.4) is 0 Å². The van der Waals surface area contributed by atoms with E-state index in [-0.39, 0.29) is 5.91 Å². The first-order valence-electron chi connectivity index (χ1n) is 6.01. The molecular weight excluding hydrogens is 212 g/mol. The number of hydrogen-bond donors (Lipinski definition) is 1. The summed E-state index contributed by atoms with van der Waals surface area (Å²) in [7, 11) is 0. The van der Waals surface area contributed by atoms with E-state index in [0.29, 0.717) is 6.42 Å². The Morgan fingerprint density at radius 1 is 1.29 bits per heavy atom. The molecule has 1 aliphatic rings. The molecule has 1 aliphatic heterocycles. The van der Waals surface area contributed by atoms with Gasteiger partial charge in [-0.05, 0) is 17.6 Å². The maximum Gasteiger partial charge on any atom is 0.218 e. The largest absolute Gasteiger partial charge is 0.370 e. The summed E-state index contributed by atoms with van der Waals surface area (Å²) in [6.45, 7) is 2.69. The lowest BCUT2D eigenvalue weighted by atomic mass is 9.99. The normalized spacial score (nSPS) is 16.6. The maximum atomic E-state index is 10.7. The van der Waals surface area contributed by atoms with E-state index in [2.05, 4.69) is 35.2 Å². The first-order valence-corrected chi connectivity index (χ1v) is 6.01. The molecular formula is C14H18N2O. The number of benzene rings is 1. The summed E-state index contributed by atoms with van der Waals surface area (Å²) in [6.07, 6.45) is 3.75. The van der Waals surface area contributed by atoms with Crippen LogP contribution in [0.25, 0.3) is 5.57 Å². The van der Waals surface area contributed by atoms with Crippen molar-refractivity contribution < 1.29 is 4.79 Å². The molecule has 3 nitrogen and oxygen atoms in total. The molecule has 0 radical (unpaired) electrons. The van der Waals surface area contributed by atoms with Crippen molar-refractivity contribution in [1.29, 1.82) is 0 Å². The Hall–Kier alpha value is -1.61. The summed E-state index contributed by atoms with van der Waals surface area (Å²) < 4.78 is 0.